The zero-order valence-corrected chi connectivity index (χ0v) is 9.28. The fourth-order valence-corrected chi connectivity index (χ4v) is 2.70. The molecule has 3 atom stereocenters. The molecule has 0 amide bonds. The molecule has 3 heteroatoms. The van der Waals surface area contributed by atoms with Gasteiger partial charge in [-0.2, -0.15) is 0 Å². The number of hydrogen-bond donors (Lipinski definition) is 1. The summed E-state index contributed by atoms with van der Waals surface area (Å²) in [5.41, 5.74) is 0. The molecule has 15 heavy (non-hydrogen) atoms. The highest BCUT2D eigenvalue weighted by atomic mass is 35.5. The van der Waals surface area contributed by atoms with Crippen LogP contribution >= 0.6 is 11.6 Å². The molecule has 2 nitrogen and oxygen atoms in total. The lowest BCUT2D eigenvalue weighted by Gasteiger charge is -2.26. The number of aliphatic hydroxyl groups is 1. The summed E-state index contributed by atoms with van der Waals surface area (Å²) in [7, 11) is 0. The van der Waals surface area contributed by atoms with Gasteiger partial charge in [-0.3, -0.25) is 4.79 Å². The van der Waals surface area contributed by atoms with E-state index >= 15 is 0 Å². The van der Waals surface area contributed by atoms with Crippen LogP contribution in [0.1, 0.15) is 25.7 Å². The van der Waals surface area contributed by atoms with Crippen LogP contribution in [0.2, 0.25) is 0 Å². The first-order valence-corrected chi connectivity index (χ1v) is 5.81. The molecule has 1 saturated carbocycles. The van der Waals surface area contributed by atoms with Crippen LogP contribution in [0.25, 0.3) is 0 Å². The van der Waals surface area contributed by atoms with Gasteiger partial charge in [0.2, 0.25) is 0 Å². The quantitative estimate of drug-likeness (QED) is 0.785. The monoisotopic (exact) mass is 226 g/mol. The first-order valence-electron chi connectivity index (χ1n) is 5.43. The van der Waals surface area contributed by atoms with Crippen LogP contribution in [0, 0.1) is 11.8 Å². The van der Waals surface area contributed by atoms with E-state index in [-0.39, 0.29) is 17.6 Å². The Labute approximate surface area is 94.6 Å². The van der Waals surface area contributed by atoms with E-state index < -0.39 is 6.10 Å². The number of aliphatic hydroxyl groups excluding tert-OH is 1. The topological polar surface area (TPSA) is 37.3 Å². The first-order chi connectivity index (χ1) is 7.20. The number of carbonyl (C=O) groups excluding carboxylic acids is 1. The molecule has 0 bridgehead atoms. The van der Waals surface area contributed by atoms with Crippen molar-refractivity contribution in [3.63, 3.8) is 0 Å². The summed E-state index contributed by atoms with van der Waals surface area (Å²) in [6, 6.07) is 0. The molecule has 0 aromatic carbocycles. The second kappa shape index (κ2) is 4.50. The molecule has 0 heterocycles. The maximum atomic E-state index is 11.5. The van der Waals surface area contributed by atoms with Crippen molar-refractivity contribution < 1.29 is 9.90 Å². The van der Waals surface area contributed by atoms with Crippen LogP contribution in [0.5, 0.6) is 0 Å². The molecule has 1 fully saturated rings. The molecule has 1 unspecified atom stereocenters. The Bertz CT molecular complexity index is 320. The SMILES string of the molecule is O=C1CCC[C@@H]1[C@@H](O)C1CC=CC=C1Cl. The number of hydrogen-bond acceptors (Lipinski definition) is 2. The molecule has 0 aliphatic heterocycles. The molecule has 82 valence electrons. The van der Waals surface area contributed by atoms with Crippen molar-refractivity contribution in [2.45, 2.75) is 31.8 Å². The standard InChI is InChI=1S/C12H15ClO2/c13-10-6-2-1-4-8(10)12(15)9-5-3-7-11(9)14/h1-2,6,8-9,12,15H,3-5,7H2/t8?,9-,12-/m0/s1. The Morgan fingerprint density at radius 2 is 2.27 bits per heavy atom. The Morgan fingerprint density at radius 3 is 2.87 bits per heavy atom. The molecule has 0 aromatic rings. The Hall–Kier alpha value is -0.600. The minimum Gasteiger partial charge on any atom is -0.392 e. The Kier molecular flexibility index (Phi) is 3.27. The van der Waals surface area contributed by atoms with Gasteiger partial charge < -0.3 is 5.11 Å². The van der Waals surface area contributed by atoms with Crippen LogP contribution in [-0.4, -0.2) is 17.0 Å². The largest absolute Gasteiger partial charge is 0.392 e. The van der Waals surface area contributed by atoms with Crippen LogP contribution in [0.4, 0.5) is 0 Å². The lowest BCUT2D eigenvalue weighted by Crippen LogP contribution is -2.32. The molecule has 2 rings (SSSR count). The molecule has 0 spiro atoms. The predicted octanol–water partition coefficient (Wildman–Crippen LogP) is 2.42. The summed E-state index contributed by atoms with van der Waals surface area (Å²) in [6.45, 7) is 0. The van der Waals surface area contributed by atoms with Crippen molar-refractivity contribution in [3.05, 3.63) is 23.3 Å². The number of rotatable bonds is 2. The van der Waals surface area contributed by atoms with E-state index in [0.29, 0.717) is 11.5 Å². The van der Waals surface area contributed by atoms with Crippen LogP contribution < -0.4 is 0 Å². The number of allylic oxidation sites excluding steroid dienone is 3. The number of ketones is 1. The van der Waals surface area contributed by atoms with Gasteiger partial charge in [0.15, 0.2) is 0 Å². The van der Waals surface area contributed by atoms with Gasteiger partial charge in [0.1, 0.15) is 5.78 Å². The third-order valence-corrected chi connectivity index (χ3v) is 3.72. The number of halogens is 1. The molecular formula is C12H15ClO2. The number of Topliss-reactive ketones (excluding diaryl/α,β-unsaturated/α-hetero) is 1. The average Bonchev–Trinajstić information content (AvgIpc) is 2.64. The zero-order chi connectivity index (χ0) is 10.8. The third kappa shape index (κ3) is 2.16. The van der Waals surface area contributed by atoms with E-state index in [4.69, 9.17) is 11.6 Å². The Morgan fingerprint density at radius 1 is 1.47 bits per heavy atom. The minimum atomic E-state index is -0.603. The number of carbonyl (C=O) groups is 1. The molecule has 0 saturated heterocycles. The van der Waals surface area contributed by atoms with Crippen LogP contribution in [0.15, 0.2) is 23.3 Å². The summed E-state index contributed by atoms with van der Waals surface area (Å²) in [5, 5.41) is 10.8. The summed E-state index contributed by atoms with van der Waals surface area (Å²) in [5.74, 6) is -0.0751. The van der Waals surface area contributed by atoms with Gasteiger partial charge in [-0.1, -0.05) is 23.8 Å². The maximum Gasteiger partial charge on any atom is 0.138 e. The van der Waals surface area contributed by atoms with E-state index in [1.807, 2.05) is 12.2 Å². The van der Waals surface area contributed by atoms with Crippen molar-refractivity contribution in [1.82, 2.24) is 0 Å². The third-order valence-electron chi connectivity index (χ3n) is 3.31. The van der Waals surface area contributed by atoms with Gasteiger partial charge in [0.05, 0.1) is 6.10 Å². The predicted molar refractivity (Wildman–Crippen MR) is 59.5 cm³/mol. The smallest absolute Gasteiger partial charge is 0.138 e. The highest BCUT2D eigenvalue weighted by Gasteiger charge is 2.36. The van der Waals surface area contributed by atoms with E-state index in [9.17, 15) is 9.90 Å². The fourth-order valence-electron chi connectivity index (χ4n) is 2.41. The summed E-state index contributed by atoms with van der Waals surface area (Å²) in [6.07, 6.45) is 8.15. The van der Waals surface area contributed by atoms with E-state index in [0.717, 1.165) is 19.3 Å². The van der Waals surface area contributed by atoms with Crippen LogP contribution in [0.3, 0.4) is 0 Å². The molecule has 0 aromatic heterocycles. The lowest BCUT2D eigenvalue weighted by molar-refractivity contribution is -0.124. The van der Waals surface area contributed by atoms with Gasteiger partial charge in [0, 0.05) is 23.3 Å². The summed E-state index contributed by atoms with van der Waals surface area (Å²) >= 11 is 6.04. The molecule has 0 radical (unpaired) electrons. The van der Waals surface area contributed by atoms with Gasteiger partial charge in [-0.05, 0) is 25.3 Å². The fraction of sp³-hybridized carbons (Fsp3) is 0.583. The van der Waals surface area contributed by atoms with Gasteiger partial charge in [-0.25, -0.2) is 0 Å². The first kappa shape index (κ1) is 10.9. The van der Waals surface area contributed by atoms with Gasteiger partial charge >= 0.3 is 0 Å². The van der Waals surface area contributed by atoms with Crippen molar-refractivity contribution in [1.29, 1.82) is 0 Å². The molecule has 1 N–H and O–H groups in total. The molecule has 2 aliphatic rings. The van der Waals surface area contributed by atoms with Crippen molar-refractivity contribution in [2.75, 3.05) is 0 Å². The average molecular weight is 227 g/mol. The van der Waals surface area contributed by atoms with Crippen LogP contribution in [-0.2, 0) is 4.79 Å². The normalized spacial score (nSPS) is 32.9. The lowest BCUT2D eigenvalue weighted by atomic mass is 9.85. The highest BCUT2D eigenvalue weighted by molar-refractivity contribution is 6.30. The molecular weight excluding hydrogens is 212 g/mol. The van der Waals surface area contributed by atoms with E-state index in [1.165, 1.54) is 0 Å². The maximum absolute atomic E-state index is 11.5. The summed E-state index contributed by atoms with van der Waals surface area (Å²) in [4.78, 5) is 11.5. The van der Waals surface area contributed by atoms with Crippen molar-refractivity contribution in [2.24, 2.45) is 11.8 Å². The highest BCUT2D eigenvalue weighted by Crippen LogP contribution is 2.35. The zero-order valence-electron chi connectivity index (χ0n) is 8.53. The molecule has 2 aliphatic carbocycles. The van der Waals surface area contributed by atoms with Gasteiger partial charge in [-0.15, -0.1) is 0 Å². The van der Waals surface area contributed by atoms with Crippen molar-refractivity contribution in [3.8, 4) is 0 Å². The van der Waals surface area contributed by atoms with Crippen molar-refractivity contribution >= 4 is 17.4 Å². The second-order valence-electron chi connectivity index (χ2n) is 4.28. The van der Waals surface area contributed by atoms with Gasteiger partial charge in [0.25, 0.3) is 0 Å². The second-order valence-corrected chi connectivity index (χ2v) is 4.71. The Balaban J connectivity index is 2.07. The minimum absolute atomic E-state index is 0.0799. The van der Waals surface area contributed by atoms with E-state index in [1.54, 1.807) is 6.08 Å². The summed E-state index contributed by atoms with van der Waals surface area (Å²) < 4.78 is 0. The van der Waals surface area contributed by atoms with E-state index in [2.05, 4.69) is 0 Å².